The van der Waals surface area contributed by atoms with Crippen LogP contribution < -0.4 is 10.5 Å². The molecular weight excluding hydrogens is 582 g/mol. The minimum atomic E-state index is -0.795. The van der Waals surface area contributed by atoms with Crippen LogP contribution in [0.4, 0.5) is 10.6 Å². The monoisotopic (exact) mass is 623 g/mol. The molecule has 0 radical (unpaired) electrons. The molecular formula is C34H41N9O3. The summed E-state index contributed by atoms with van der Waals surface area (Å²) in [7, 11) is 0. The summed E-state index contributed by atoms with van der Waals surface area (Å²) in [6, 6.07) is 19.6. The van der Waals surface area contributed by atoms with Gasteiger partial charge in [0.25, 0.3) is 0 Å². The third-order valence-corrected chi connectivity index (χ3v) is 10.6. The molecule has 1 aliphatic carbocycles. The lowest BCUT2D eigenvalue weighted by Gasteiger charge is -2.55. The fraction of sp³-hybridized carbons (Fsp3) is 0.471. The number of anilines is 1. The first-order valence-corrected chi connectivity index (χ1v) is 16.5. The molecule has 240 valence electrons. The molecule has 0 unspecified atom stereocenters. The Hall–Kier alpha value is -4.26. The number of amides is 1. The molecule has 1 amide bonds. The van der Waals surface area contributed by atoms with Crippen molar-refractivity contribution in [2.75, 3.05) is 58.1 Å². The standard InChI is InChI=1S/C34H41N9O3/c35-32-30-31(23-6-12-29(13-7-23)46-28-4-2-1-3-5-28)38-43(33(30)37-22-36-32)25-10-8-24(9-11-25)39-14-16-40(17-15-39)26-18-41(19-26)27-20-42(21-27)34(44)45/h1-7,12-13,22,24-27H,8-11,14-21H2,(H,44,45)(H2,35,36,37). The number of piperazine rings is 1. The Labute approximate surface area is 268 Å². The molecule has 5 heterocycles. The number of ether oxygens (including phenoxy) is 1. The van der Waals surface area contributed by atoms with Crippen LogP contribution in [0.25, 0.3) is 22.3 Å². The number of nitrogen functional groups attached to an aromatic ring is 1. The summed E-state index contributed by atoms with van der Waals surface area (Å²) in [5.74, 6) is 2.01. The minimum Gasteiger partial charge on any atom is -0.465 e. The zero-order valence-electron chi connectivity index (χ0n) is 26.0. The topological polar surface area (TPSA) is 129 Å². The molecule has 4 aromatic rings. The van der Waals surface area contributed by atoms with Crippen LogP contribution >= 0.6 is 0 Å². The van der Waals surface area contributed by atoms with Crippen molar-refractivity contribution in [2.45, 2.75) is 49.9 Å². The number of hydrogen-bond acceptors (Lipinski definition) is 9. The maximum Gasteiger partial charge on any atom is 0.407 e. The first kappa shape index (κ1) is 29.2. The van der Waals surface area contributed by atoms with Crippen LogP contribution in [0.3, 0.4) is 0 Å². The van der Waals surface area contributed by atoms with Crippen LogP contribution in [-0.2, 0) is 0 Å². The summed E-state index contributed by atoms with van der Waals surface area (Å²) in [4.78, 5) is 29.3. The van der Waals surface area contributed by atoms with Gasteiger partial charge in [0.2, 0.25) is 0 Å². The van der Waals surface area contributed by atoms with Crippen LogP contribution in [0.2, 0.25) is 0 Å². The van der Waals surface area contributed by atoms with Crippen LogP contribution in [0.15, 0.2) is 60.9 Å². The number of likely N-dealkylation sites (tertiary alicyclic amines) is 2. The highest BCUT2D eigenvalue weighted by atomic mass is 16.5. The molecule has 3 saturated heterocycles. The third-order valence-electron chi connectivity index (χ3n) is 10.6. The first-order valence-electron chi connectivity index (χ1n) is 16.5. The third kappa shape index (κ3) is 5.54. The second-order valence-electron chi connectivity index (χ2n) is 13.2. The Morgan fingerprint density at radius 1 is 0.739 bits per heavy atom. The number of carbonyl (C=O) groups is 1. The Morgan fingerprint density at radius 2 is 1.35 bits per heavy atom. The fourth-order valence-electron chi connectivity index (χ4n) is 7.75. The number of hydrogen-bond donors (Lipinski definition) is 2. The number of aromatic nitrogens is 4. The average molecular weight is 624 g/mol. The second kappa shape index (κ2) is 12.2. The van der Waals surface area contributed by atoms with Gasteiger partial charge in [-0.3, -0.25) is 14.7 Å². The quantitative estimate of drug-likeness (QED) is 0.312. The van der Waals surface area contributed by atoms with Gasteiger partial charge >= 0.3 is 6.09 Å². The lowest BCUT2D eigenvalue weighted by molar-refractivity contribution is -0.0581. The van der Waals surface area contributed by atoms with E-state index in [0.717, 1.165) is 98.7 Å². The van der Waals surface area contributed by atoms with Gasteiger partial charge in [0.05, 0.1) is 11.4 Å². The molecule has 4 aliphatic rings. The van der Waals surface area contributed by atoms with Gasteiger partial charge in [0, 0.05) is 76.0 Å². The van der Waals surface area contributed by atoms with E-state index < -0.39 is 6.09 Å². The molecule has 0 bridgehead atoms. The number of para-hydroxylation sites is 1. The zero-order valence-corrected chi connectivity index (χ0v) is 26.0. The summed E-state index contributed by atoms with van der Waals surface area (Å²) in [5.41, 5.74) is 8.99. The van der Waals surface area contributed by atoms with Crippen molar-refractivity contribution in [3.05, 3.63) is 60.9 Å². The average Bonchev–Trinajstić information content (AvgIpc) is 3.43. The molecule has 46 heavy (non-hydrogen) atoms. The van der Waals surface area contributed by atoms with E-state index in [1.165, 1.54) is 4.90 Å². The van der Waals surface area contributed by atoms with E-state index in [-0.39, 0.29) is 6.04 Å². The molecule has 3 aliphatic heterocycles. The van der Waals surface area contributed by atoms with Crippen molar-refractivity contribution in [2.24, 2.45) is 0 Å². The van der Waals surface area contributed by atoms with Crippen molar-refractivity contribution >= 4 is 22.9 Å². The van der Waals surface area contributed by atoms with E-state index >= 15 is 0 Å². The van der Waals surface area contributed by atoms with Gasteiger partial charge in [-0.1, -0.05) is 18.2 Å². The van der Waals surface area contributed by atoms with E-state index in [9.17, 15) is 4.79 Å². The molecule has 0 spiro atoms. The summed E-state index contributed by atoms with van der Waals surface area (Å²) in [5, 5.41) is 15.0. The lowest BCUT2D eigenvalue weighted by Crippen LogP contribution is -2.71. The molecule has 3 N–H and O–H groups in total. The van der Waals surface area contributed by atoms with E-state index in [0.29, 0.717) is 37.0 Å². The van der Waals surface area contributed by atoms with Crippen LogP contribution in [-0.4, -0.2) is 121 Å². The van der Waals surface area contributed by atoms with Crippen LogP contribution in [0.1, 0.15) is 31.7 Å². The summed E-state index contributed by atoms with van der Waals surface area (Å²) >= 11 is 0. The van der Waals surface area contributed by atoms with Gasteiger partial charge in [0.15, 0.2) is 5.65 Å². The molecule has 4 fully saturated rings. The Balaban J connectivity index is 0.875. The minimum absolute atomic E-state index is 0.272. The Bertz CT molecular complexity index is 1670. The Morgan fingerprint density at radius 3 is 2.02 bits per heavy atom. The fourth-order valence-corrected chi connectivity index (χ4v) is 7.75. The normalized spacial score (nSPS) is 23.7. The second-order valence-corrected chi connectivity index (χ2v) is 13.2. The molecule has 8 rings (SSSR count). The summed E-state index contributed by atoms with van der Waals surface area (Å²) < 4.78 is 8.10. The number of benzene rings is 2. The van der Waals surface area contributed by atoms with E-state index in [1.54, 1.807) is 6.33 Å². The van der Waals surface area contributed by atoms with Crippen molar-refractivity contribution < 1.29 is 14.6 Å². The Kier molecular flexibility index (Phi) is 7.71. The van der Waals surface area contributed by atoms with Gasteiger partial charge in [-0.2, -0.15) is 5.10 Å². The molecule has 12 nitrogen and oxygen atoms in total. The van der Waals surface area contributed by atoms with Crippen molar-refractivity contribution in [3.63, 3.8) is 0 Å². The number of rotatable bonds is 7. The van der Waals surface area contributed by atoms with Gasteiger partial charge in [0.1, 0.15) is 29.3 Å². The van der Waals surface area contributed by atoms with Gasteiger partial charge < -0.3 is 20.5 Å². The smallest absolute Gasteiger partial charge is 0.407 e. The highest BCUT2D eigenvalue weighted by Gasteiger charge is 2.43. The summed E-state index contributed by atoms with van der Waals surface area (Å²) in [6.45, 7) is 7.92. The van der Waals surface area contributed by atoms with E-state index in [2.05, 4.69) is 29.3 Å². The number of nitrogens with zero attached hydrogens (tertiary/aromatic N) is 8. The maximum atomic E-state index is 11.1. The SMILES string of the molecule is Nc1ncnc2c1c(-c1ccc(Oc3ccccc3)cc1)nn2C1CCC(N2CCN(C3CN(C4CN(C(=O)O)C4)C3)CC2)CC1. The highest BCUT2D eigenvalue weighted by molar-refractivity contribution is 5.98. The molecule has 2 aromatic carbocycles. The number of fused-ring (bicyclic) bond motifs is 1. The summed E-state index contributed by atoms with van der Waals surface area (Å²) in [6.07, 6.45) is 5.15. The van der Waals surface area contributed by atoms with Crippen molar-refractivity contribution in [1.29, 1.82) is 0 Å². The molecule has 12 heteroatoms. The van der Waals surface area contributed by atoms with Gasteiger partial charge in [-0.05, 0) is 62.1 Å². The van der Waals surface area contributed by atoms with Gasteiger partial charge in [-0.15, -0.1) is 0 Å². The molecule has 0 atom stereocenters. The molecule has 2 aromatic heterocycles. The van der Waals surface area contributed by atoms with Crippen LogP contribution in [0.5, 0.6) is 11.5 Å². The van der Waals surface area contributed by atoms with Crippen molar-refractivity contribution in [3.8, 4) is 22.8 Å². The first-order chi connectivity index (χ1) is 22.5. The predicted octanol–water partition coefficient (Wildman–Crippen LogP) is 4.02. The lowest BCUT2D eigenvalue weighted by atomic mass is 9.89. The van der Waals surface area contributed by atoms with E-state index in [1.807, 2.05) is 54.6 Å². The highest BCUT2D eigenvalue weighted by Crippen LogP contribution is 2.38. The van der Waals surface area contributed by atoms with Gasteiger partial charge in [-0.25, -0.2) is 19.4 Å². The van der Waals surface area contributed by atoms with Crippen LogP contribution in [0, 0.1) is 0 Å². The zero-order chi connectivity index (χ0) is 31.2. The maximum absolute atomic E-state index is 11.1. The number of nitrogens with two attached hydrogens (primary N) is 1. The van der Waals surface area contributed by atoms with Crippen molar-refractivity contribution in [1.82, 2.24) is 39.3 Å². The number of carboxylic acid groups (broad SMARTS) is 1. The predicted molar refractivity (Wildman–Crippen MR) is 175 cm³/mol. The molecule has 1 saturated carbocycles. The largest absolute Gasteiger partial charge is 0.465 e. The van der Waals surface area contributed by atoms with E-state index in [4.69, 9.17) is 20.7 Å².